The van der Waals surface area contributed by atoms with Crippen LogP contribution in [0.1, 0.15) is 52.9 Å². The van der Waals surface area contributed by atoms with Gasteiger partial charge in [0.05, 0.1) is 0 Å². The summed E-state index contributed by atoms with van der Waals surface area (Å²) in [5.41, 5.74) is 1.55. The van der Waals surface area contributed by atoms with Gasteiger partial charge < -0.3 is 0 Å². The molecule has 1 fully saturated rings. The Morgan fingerprint density at radius 3 is 2.69 bits per heavy atom. The first-order valence-corrected chi connectivity index (χ1v) is 6.70. The number of allylic oxidation sites excluding steroid dienone is 2. The van der Waals surface area contributed by atoms with Crippen LogP contribution in [0.3, 0.4) is 0 Å². The minimum absolute atomic E-state index is 0.455. The zero-order valence-electron chi connectivity index (χ0n) is 10.8. The van der Waals surface area contributed by atoms with E-state index in [0.29, 0.717) is 11.3 Å². The largest absolute Gasteiger partial charge is 0.298 e. The number of hydrogen-bond acceptors (Lipinski definition) is 1. The normalized spacial score (nSPS) is 41.4. The van der Waals surface area contributed by atoms with E-state index in [1.807, 2.05) is 0 Å². The molecule has 0 aromatic heterocycles. The van der Waals surface area contributed by atoms with E-state index in [4.69, 9.17) is 0 Å². The molecule has 16 heavy (non-hydrogen) atoms. The first kappa shape index (κ1) is 11.9. The highest BCUT2D eigenvalue weighted by molar-refractivity contribution is 5.74. The number of aldehydes is 1. The van der Waals surface area contributed by atoms with Crippen LogP contribution in [0.2, 0.25) is 0 Å². The van der Waals surface area contributed by atoms with E-state index in [1.165, 1.54) is 25.7 Å². The molecule has 1 saturated carbocycles. The van der Waals surface area contributed by atoms with Crippen LogP contribution >= 0.6 is 0 Å². The third-order valence-electron chi connectivity index (χ3n) is 4.81. The van der Waals surface area contributed by atoms with Crippen molar-refractivity contribution in [2.75, 3.05) is 0 Å². The van der Waals surface area contributed by atoms with Gasteiger partial charge in [0.1, 0.15) is 6.29 Å². The number of rotatable bonds is 1. The predicted octanol–water partition coefficient (Wildman–Crippen LogP) is 3.98. The molecule has 2 rings (SSSR count). The lowest BCUT2D eigenvalue weighted by Gasteiger charge is -2.52. The average molecular weight is 220 g/mol. The maximum atomic E-state index is 11.2. The molecular weight excluding hydrogens is 196 g/mol. The molecule has 0 spiro atoms. The molecule has 3 unspecified atom stereocenters. The molecular formula is C15H24O. The van der Waals surface area contributed by atoms with Crippen molar-refractivity contribution in [1.82, 2.24) is 0 Å². The van der Waals surface area contributed by atoms with Gasteiger partial charge in [0.25, 0.3) is 0 Å². The van der Waals surface area contributed by atoms with E-state index >= 15 is 0 Å². The van der Waals surface area contributed by atoms with E-state index in [1.54, 1.807) is 0 Å². The molecule has 0 saturated heterocycles. The molecule has 0 radical (unpaired) electrons. The topological polar surface area (TPSA) is 17.1 Å². The summed E-state index contributed by atoms with van der Waals surface area (Å²) in [5, 5.41) is 0. The Kier molecular flexibility index (Phi) is 3.23. The molecule has 0 aromatic carbocycles. The van der Waals surface area contributed by atoms with Crippen molar-refractivity contribution in [3.05, 3.63) is 11.6 Å². The van der Waals surface area contributed by atoms with Crippen LogP contribution in [0.25, 0.3) is 0 Å². The van der Waals surface area contributed by atoms with Gasteiger partial charge in [-0.15, -0.1) is 0 Å². The van der Waals surface area contributed by atoms with Crippen LogP contribution < -0.4 is 0 Å². The second kappa shape index (κ2) is 4.35. The van der Waals surface area contributed by atoms with Crippen molar-refractivity contribution in [3.63, 3.8) is 0 Å². The smallest absolute Gasteiger partial charge is 0.145 e. The van der Waals surface area contributed by atoms with E-state index < -0.39 is 0 Å². The lowest BCUT2D eigenvalue weighted by Crippen LogP contribution is -2.45. The van der Waals surface area contributed by atoms with Crippen LogP contribution in [-0.4, -0.2) is 6.29 Å². The third-order valence-corrected chi connectivity index (χ3v) is 4.81. The quantitative estimate of drug-likeness (QED) is 0.611. The fourth-order valence-electron chi connectivity index (χ4n) is 3.62. The van der Waals surface area contributed by atoms with E-state index in [-0.39, 0.29) is 0 Å². The van der Waals surface area contributed by atoms with Crippen molar-refractivity contribution >= 4 is 6.29 Å². The highest BCUT2D eigenvalue weighted by Crippen LogP contribution is 2.56. The Bertz CT molecular complexity index is 301. The Labute approximate surface area is 99.3 Å². The standard InChI is InChI=1S/C15H24O/c1-11-5-4-6-12(10-16)13-9-15(2,3)14(13)8-7-11/h6,10-11,13-14H,4-5,7-9H2,1-3H3/b12-6+. The zero-order chi connectivity index (χ0) is 11.8. The van der Waals surface area contributed by atoms with Crippen LogP contribution in [0.15, 0.2) is 11.6 Å². The second-order valence-corrected chi connectivity index (χ2v) is 6.49. The third kappa shape index (κ3) is 2.09. The summed E-state index contributed by atoms with van der Waals surface area (Å²) >= 11 is 0. The second-order valence-electron chi connectivity index (χ2n) is 6.49. The molecule has 2 aliphatic carbocycles. The van der Waals surface area contributed by atoms with Gasteiger partial charge in [0.2, 0.25) is 0 Å². The first-order chi connectivity index (χ1) is 7.54. The minimum Gasteiger partial charge on any atom is -0.298 e. The van der Waals surface area contributed by atoms with Gasteiger partial charge in [0.15, 0.2) is 0 Å². The number of carbonyl (C=O) groups is 1. The fraction of sp³-hybridized carbons (Fsp3) is 0.800. The van der Waals surface area contributed by atoms with Crippen molar-refractivity contribution in [2.45, 2.75) is 52.9 Å². The van der Waals surface area contributed by atoms with E-state index in [9.17, 15) is 4.79 Å². The van der Waals surface area contributed by atoms with Gasteiger partial charge in [-0.25, -0.2) is 0 Å². The summed E-state index contributed by atoms with van der Waals surface area (Å²) in [5.74, 6) is 2.13. The number of carbonyl (C=O) groups excluding carboxylic acids is 1. The Hall–Kier alpha value is -0.590. The zero-order valence-corrected chi connectivity index (χ0v) is 10.8. The summed E-state index contributed by atoms with van der Waals surface area (Å²) in [6.07, 6.45) is 9.52. The summed E-state index contributed by atoms with van der Waals surface area (Å²) < 4.78 is 0. The average Bonchev–Trinajstić information content (AvgIpc) is 2.27. The maximum Gasteiger partial charge on any atom is 0.145 e. The summed E-state index contributed by atoms with van der Waals surface area (Å²) in [6.45, 7) is 7.07. The Morgan fingerprint density at radius 1 is 1.31 bits per heavy atom. The molecule has 3 atom stereocenters. The number of hydrogen-bond donors (Lipinski definition) is 0. The molecule has 0 aromatic rings. The molecule has 1 nitrogen and oxygen atoms in total. The van der Waals surface area contributed by atoms with Crippen molar-refractivity contribution in [1.29, 1.82) is 0 Å². The van der Waals surface area contributed by atoms with Gasteiger partial charge in [-0.2, -0.15) is 0 Å². The number of fused-ring (bicyclic) bond motifs is 1. The molecule has 90 valence electrons. The van der Waals surface area contributed by atoms with Crippen molar-refractivity contribution in [3.8, 4) is 0 Å². The van der Waals surface area contributed by atoms with Crippen LogP contribution in [-0.2, 0) is 4.79 Å². The first-order valence-electron chi connectivity index (χ1n) is 6.70. The minimum atomic E-state index is 0.455. The van der Waals surface area contributed by atoms with Crippen molar-refractivity contribution in [2.24, 2.45) is 23.2 Å². The van der Waals surface area contributed by atoms with Gasteiger partial charge in [0, 0.05) is 0 Å². The predicted molar refractivity (Wildman–Crippen MR) is 67.2 cm³/mol. The Morgan fingerprint density at radius 2 is 2.06 bits per heavy atom. The van der Waals surface area contributed by atoms with Gasteiger partial charge in [-0.1, -0.05) is 33.3 Å². The van der Waals surface area contributed by atoms with Gasteiger partial charge in [-0.3, -0.25) is 4.79 Å². The fourth-order valence-corrected chi connectivity index (χ4v) is 3.62. The lowest BCUT2D eigenvalue weighted by atomic mass is 9.52. The highest BCUT2D eigenvalue weighted by Gasteiger charge is 2.48. The summed E-state index contributed by atoms with van der Waals surface area (Å²) in [7, 11) is 0. The molecule has 0 heterocycles. The molecule has 2 aliphatic rings. The molecule has 0 N–H and O–H groups in total. The summed E-state index contributed by atoms with van der Waals surface area (Å²) in [4.78, 5) is 11.2. The maximum absolute atomic E-state index is 11.2. The summed E-state index contributed by atoms with van der Waals surface area (Å²) in [6, 6.07) is 0. The van der Waals surface area contributed by atoms with Gasteiger partial charge >= 0.3 is 0 Å². The molecule has 0 amide bonds. The molecule has 1 heteroatoms. The Balaban J connectivity index is 2.17. The molecule has 0 aliphatic heterocycles. The van der Waals surface area contributed by atoms with Crippen LogP contribution in [0.4, 0.5) is 0 Å². The van der Waals surface area contributed by atoms with Crippen LogP contribution in [0, 0.1) is 23.2 Å². The van der Waals surface area contributed by atoms with Crippen molar-refractivity contribution < 1.29 is 4.79 Å². The van der Waals surface area contributed by atoms with Crippen LogP contribution in [0.5, 0.6) is 0 Å². The van der Waals surface area contributed by atoms with E-state index in [0.717, 1.165) is 30.1 Å². The SMILES string of the molecule is CC1CC/C=C(\C=O)C2CC(C)(C)C2CC1. The lowest BCUT2D eigenvalue weighted by molar-refractivity contribution is -0.107. The molecule has 0 bridgehead atoms. The monoisotopic (exact) mass is 220 g/mol. The van der Waals surface area contributed by atoms with Gasteiger partial charge in [-0.05, 0) is 54.4 Å². The van der Waals surface area contributed by atoms with E-state index in [2.05, 4.69) is 26.8 Å². The highest BCUT2D eigenvalue weighted by atomic mass is 16.1.